The second-order valence-electron chi connectivity index (χ2n) is 7.17. The summed E-state index contributed by atoms with van der Waals surface area (Å²) in [4.78, 5) is 4.79. The Morgan fingerprint density at radius 2 is 1.03 bits per heavy atom. The average Bonchev–Trinajstić information content (AvgIpc) is 2.81. The van der Waals surface area contributed by atoms with Crippen LogP contribution in [-0.2, 0) is 0 Å². The number of nitrogens with one attached hydrogen (secondary N) is 3. The lowest BCUT2D eigenvalue weighted by Crippen LogP contribution is -2.18. The van der Waals surface area contributed by atoms with Crippen molar-refractivity contribution in [1.82, 2.24) is 4.98 Å². The molecule has 0 aliphatic carbocycles. The Balaban J connectivity index is 1.38. The Bertz CT molecular complexity index is 1310. The molecule has 1 aromatic heterocycles. The van der Waals surface area contributed by atoms with Gasteiger partial charge in [0.05, 0.1) is 16.7 Å². The highest BCUT2D eigenvalue weighted by atomic mass is 32.1. The van der Waals surface area contributed by atoms with Gasteiger partial charge in [-0.05, 0) is 60.7 Å². The molecule has 0 spiro atoms. The van der Waals surface area contributed by atoms with Crippen LogP contribution in [0.1, 0.15) is 0 Å². The first kappa shape index (κ1) is 19.0. The predicted molar refractivity (Wildman–Crippen MR) is 135 cm³/mol. The summed E-state index contributed by atoms with van der Waals surface area (Å²) in [6.07, 6.45) is 0. The van der Waals surface area contributed by atoms with E-state index in [-0.39, 0.29) is 0 Å². The van der Waals surface area contributed by atoms with Gasteiger partial charge in [0, 0.05) is 27.8 Å². The van der Waals surface area contributed by atoms with Crippen molar-refractivity contribution in [2.75, 3.05) is 16.0 Å². The minimum absolute atomic E-state index is 0.554. The molecule has 0 atom stereocenters. The van der Waals surface area contributed by atoms with Crippen LogP contribution in [0.3, 0.4) is 0 Å². The van der Waals surface area contributed by atoms with Gasteiger partial charge in [0.15, 0.2) is 5.11 Å². The molecule has 0 saturated heterocycles. The fraction of sp³-hybridized carbons (Fsp3) is 0. The molecule has 0 amide bonds. The van der Waals surface area contributed by atoms with Crippen LogP contribution in [0, 0.1) is 0 Å². The van der Waals surface area contributed by atoms with Crippen LogP contribution in [-0.4, -0.2) is 10.1 Å². The fourth-order valence-corrected chi connectivity index (χ4v) is 3.81. The first-order chi connectivity index (χ1) is 15.3. The Morgan fingerprint density at radius 1 is 0.548 bits per heavy atom. The van der Waals surface area contributed by atoms with E-state index in [4.69, 9.17) is 17.2 Å². The molecule has 0 unspecified atom stereocenters. The number of fused-ring (bicyclic) bond motifs is 2. The van der Waals surface area contributed by atoms with Crippen LogP contribution in [0.5, 0.6) is 0 Å². The zero-order valence-electron chi connectivity index (χ0n) is 16.7. The summed E-state index contributed by atoms with van der Waals surface area (Å²) >= 11 is 5.42. The van der Waals surface area contributed by atoms with Gasteiger partial charge in [-0.3, -0.25) is 0 Å². The molecule has 5 aromatic rings. The maximum absolute atomic E-state index is 5.42. The SMILES string of the molecule is S=C(Nc1ccccc1)Nc1ccc(Nc2c3ccccc3nc3ccccc23)cc1. The molecular formula is C26H20N4S. The summed E-state index contributed by atoms with van der Waals surface area (Å²) in [6, 6.07) is 34.3. The molecule has 4 aromatic carbocycles. The summed E-state index contributed by atoms with van der Waals surface area (Å²) in [5.41, 5.74) is 5.87. The molecule has 150 valence electrons. The van der Waals surface area contributed by atoms with Crippen LogP contribution in [0.25, 0.3) is 21.8 Å². The van der Waals surface area contributed by atoms with E-state index in [9.17, 15) is 0 Å². The lowest BCUT2D eigenvalue weighted by atomic mass is 10.1. The number of para-hydroxylation sites is 3. The third kappa shape index (κ3) is 4.17. The summed E-state index contributed by atoms with van der Waals surface area (Å²) < 4.78 is 0. The lowest BCUT2D eigenvalue weighted by molar-refractivity contribution is 1.48. The van der Waals surface area contributed by atoms with Crippen molar-refractivity contribution in [3.63, 3.8) is 0 Å². The van der Waals surface area contributed by atoms with E-state index < -0.39 is 0 Å². The molecular weight excluding hydrogens is 400 g/mol. The zero-order valence-corrected chi connectivity index (χ0v) is 17.5. The van der Waals surface area contributed by atoms with Crippen LogP contribution in [0.2, 0.25) is 0 Å². The number of pyridine rings is 1. The molecule has 31 heavy (non-hydrogen) atoms. The van der Waals surface area contributed by atoms with E-state index in [1.165, 1.54) is 0 Å². The van der Waals surface area contributed by atoms with Crippen LogP contribution < -0.4 is 16.0 Å². The highest BCUT2D eigenvalue weighted by molar-refractivity contribution is 7.80. The molecule has 0 saturated carbocycles. The standard InChI is InChI=1S/C26H20N4S/c31-26(28-18-8-2-1-3-9-18)29-20-16-14-19(15-17-20)27-25-21-10-4-6-12-23(21)30-24-13-7-5-11-22(24)25/h1-17H,(H,27,30)(H2,28,29,31). The Hall–Kier alpha value is -3.96. The van der Waals surface area contributed by atoms with Crippen molar-refractivity contribution in [3.05, 3.63) is 103 Å². The summed E-state index contributed by atoms with van der Waals surface area (Å²) in [7, 11) is 0. The monoisotopic (exact) mass is 420 g/mol. The number of benzene rings is 4. The summed E-state index contributed by atoms with van der Waals surface area (Å²) in [5, 5.41) is 12.7. The summed E-state index contributed by atoms with van der Waals surface area (Å²) in [6.45, 7) is 0. The van der Waals surface area contributed by atoms with Gasteiger partial charge in [0.1, 0.15) is 0 Å². The Morgan fingerprint density at radius 3 is 1.65 bits per heavy atom. The molecule has 0 radical (unpaired) electrons. The Labute approximate surface area is 186 Å². The molecule has 5 heteroatoms. The van der Waals surface area contributed by atoms with E-state index in [0.717, 1.165) is 44.6 Å². The fourth-order valence-electron chi connectivity index (χ4n) is 3.57. The van der Waals surface area contributed by atoms with Crippen molar-refractivity contribution in [3.8, 4) is 0 Å². The molecule has 0 fully saturated rings. The van der Waals surface area contributed by atoms with Gasteiger partial charge in [0.25, 0.3) is 0 Å². The van der Waals surface area contributed by atoms with Crippen molar-refractivity contribution >= 4 is 61.9 Å². The second kappa shape index (κ2) is 8.42. The minimum atomic E-state index is 0.554. The van der Waals surface area contributed by atoms with Crippen LogP contribution in [0.4, 0.5) is 22.7 Å². The van der Waals surface area contributed by atoms with Crippen molar-refractivity contribution in [1.29, 1.82) is 0 Å². The smallest absolute Gasteiger partial charge is 0.175 e. The Kier molecular flexibility index (Phi) is 5.17. The highest BCUT2D eigenvalue weighted by Gasteiger charge is 2.09. The number of anilines is 4. The molecule has 5 rings (SSSR count). The average molecular weight is 421 g/mol. The van der Waals surface area contributed by atoms with Gasteiger partial charge in [-0.2, -0.15) is 0 Å². The molecule has 0 aliphatic rings. The van der Waals surface area contributed by atoms with Gasteiger partial charge >= 0.3 is 0 Å². The number of rotatable bonds is 4. The number of nitrogens with zero attached hydrogens (tertiary/aromatic N) is 1. The topological polar surface area (TPSA) is 49.0 Å². The highest BCUT2D eigenvalue weighted by Crippen LogP contribution is 2.33. The first-order valence-electron chi connectivity index (χ1n) is 10.0. The predicted octanol–water partition coefficient (Wildman–Crippen LogP) is 6.94. The summed E-state index contributed by atoms with van der Waals surface area (Å²) in [5.74, 6) is 0. The lowest BCUT2D eigenvalue weighted by Gasteiger charge is -2.14. The van der Waals surface area contributed by atoms with Gasteiger partial charge in [-0.1, -0.05) is 54.6 Å². The van der Waals surface area contributed by atoms with Crippen molar-refractivity contribution in [2.45, 2.75) is 0 Å². The maximum Gasteiger partial charge on any atom is 0.175 e. The van der Waals surface area contributed by atoms with Gasteiger partial charge in [0.2, 0.25) is 0 Å². The zero-order chi connectivity index (χ0) is 21.0. The third-order valence-corrected chi connectivity index (χ3v) is 5.24. The molecule has 3 N–H and O–H groups in total. The first-order valence-corrected chi connectivity index (χ1v) is 10.4. The minimum Gasteiger partial charge on any atom is -0.354 e. The molecule has 4 nitrogen and oxygen atoms in total. The quantitative estimate of drug-likeness (QED) is 0.217. The van der Waals surface area contributed by atoms with Gasteiger partial charge in [-0.25, -0.2) is 4.98 Å². The molecule has 0 bridgehead atoms. The number of hydrogen-bond donors (Lipinski definition) is 3. The maximum atomic E-state index is 5.42. The number of aromatic nitrogens is 1. The second-order valence-corrected chi connectivity index (χ2v) is 7.58. The van der Waals surface area contributed by atoms with Crippen molar-refractivity contribution < 1.29 is 0 Å². The third-order valence-electron chi connectivity index (χ3n) is 5.03. The van der Waals surface area contributed by atoms with E-state index in [1.54, 1.807) is 0 Å². The van der Waals surface area contributed by atoms with E-state index >= 15 is 0 Å². The van der Waals surface area contributed by atoms with Crippen molar-refractivity contribution in [2.24, 2.45) is 0 Å². The van der Waals surface area contributed by atoms with E-state index in [2.05, 4.69) is 28.1 Å². The van der Waals surface area contributed by atoms with E-state index in [0.29, 0.717) is 5.11 Å². The number of thiocarbonyl (C=S) groups is 1. The largest absolute Gasteiger partial charge is 0.354 e. The van der Waals surface area contributed by atoms with Gasteiger partial charge < -0.3 is 16.0 Å². The molecule has 1 heterocycles. The van der Waals surface area contributed by atoms with E-state index in [1.807, 2.05) is 91.0 Å². The van der Waals surface area contributed by atoms with Crippen LogP contribution >= 0.6 is 12.2 Å². The number of hydrogen-bond acceptors (Lipinski definition) is 3. The van der Waals surface area contributed by atoms with Gasteiger partial charge in [-0.15, -0.1) is 0 Å². The normalized spacial score (nSPS) is 10.7. The molecule has 0 aliphatic heterocycles. The van der Waals surface area contributed by atoms with Crippen LogP contribution in [0.15, 0.2) is 103 Å².